The van der Waals surface area contributed by atoms with Gasteiger partial charge in [-0.25, -0.2) is 0 Å². The summed E-state index contributed by atoms with van der Waals surface area (Å²) in [7, 11) is 0. The van der Waals surface area contributed by atoms with Gasteiger partial charge in [0.2, 0.25) is 0 Å². The van der Waals surface area contributed by atoms with Gasteiger partial charge in [0, 0.05) is 11.3 Å². The average molecular weight is 402 g/mol. The number of aromatic amines is 1. The molecule has 0 radical (unpaired) electrons. The van der Waals surface area contributed by atoms with E-state index in [1.54, 1.807) is 6.07 Å². The Morgan fingerprint density at radius 1 is 0.897 bits per heavy atom. The molecule has 0 saturated carbocycles. The molecule has 1 heterocycles. The summed E-state index contributed by atoms with van der Waals surface area (Å²) in [4.78, 5) is 13.4. The van der Waals surface area contributed by atoms with Crippen molar-refractivity contribution < 1.29 is 4.79 Å². The summed E-state index contributed by atoms with van der Waals surface area (Å²) in [5, 5.41) is 11.0. The van der Waals surface area contributed by atoms with E-state index >= 15 is 0 Å². The highest BCUT2D eigenvalue weighted by molar-refractivity contribution is 6.33. The van der Waals surface area contributed by atoms with E-state index in [1.165, 1.54) is 0 Å². The Kier molecular flexibility index (Phi) is 5.45. The molecule has 144 valence electrons. The highest BCUT2D eigenvalue weighted by Gasteiger charge is 2.24. The molecule has 3 aromatic carbocycles. The fraction of sp³-hybridized carbons (Fsp3) is 0.0833. The standard InChI is InChI=1S/C24H20ClN3O/c1-16-21(23(28-27-16)19-14-8-9-15-20(19)25)24(29)26-22(17-10-4-2-5-11-17)18-12-6-3-7-13-18/h2-15,22H,1H3,(H,26,29)(H,27,28). The summed E-state index contributed by atoms with van der Waals surface area (Å²) in [5.41, 5.74) is 4.47. The van der Waals surface area contributed by atoms with Crippen molar-refractivity contribution in [3.8, 4) is 11.3 Å². The third-order valence-corrected chi connectivity index (χ3v) is 5.17. The van der Waals surface area contributed by atoms with E-state index in [4.69, 9.17) is 11.6 Å². The van der Waals surface area contributed by atoms with Crippen LogP contribution in [0.1, 0.15) is 33.2 Å². The lowest BCUT2D eigenvalue weighted by atomic mass is 9.97. The number of hydrogen-bond donors (Lipinski definition) is 2. The number of nitrogens with zero attached hydrogens (tertiary/aromatic N) is 1. The first kappa shape index (κ1) is 19.0. The predicted molar refractivity (Wildman–Crippen MR) is 116 cm³/mol. The van der Waals surface area contributed by atoms with Gasteiger partial charge in [0.15, 0.2) is 0 Å². The lowest BCUT2D eigenvalue weighted by Gasteiger charge is -2.20. The molecular weight excluding hydrogens is 382 g/mol. The van der Waals surface area contributed by atoms with Crippen molar-refractivity contribution in [2.45, 2.75) is 13.0 Å². The summed E-state index contributed by atoms with van der Waals surface area (Å²) in [6.45, 7) is 1.84. The Morgan fingerprint density at radius 2 is 1.45 bits per heavy atom. The van der Waals surface area contributed by atoms with Gasteiger partial charge in [-0.2, -0.15) is 5.10 Å². The van der Waals surface area contributed by atoms with Gasteiger partial charge < -0.3 is 5.32 Å². The molecule has 0 saturated heterocycles. The van der Waals surface area contributed by atoms with Crippen LogP contribution in [0.4, 0.5) is 0 Å². The minimum Gasteiger partial charge on any atom is -0.341 e. The molecule has 4 aromatic rings. The number of aryl methyl sites for hydroxylation is 1. The number of carbonyl (C=O) groups is 1. The number of aromatic nitrogens is 2. The first-order valence-electron chi connectivity index (χ1n) is 9.36. The van der Waals surface area contributed by atoms with Crippen LogP contribution in [-0.4, -0.2) is 16.1 Å². The summed E-state index contributed by atoms with van der Waals surface area (Å²) >= 11 is 6.36. The zero-order valence-electron chi connectivity index (χ0n) is 15.9. The molecule has 4 nitrogen and oxygen atoms in total. The predicted octanol–water partition coefficient (Wildman–Crippen LogP) is 5.56. The molecule has 0 fully saturated rings. The zero-order valence-corrected chi connectivity index (χ0v) is 16.6. The molecule has 0 aliphatic rings. The number of H-pyrrole nitrogens is 1. The van der Waals surface area contributed by atoms with E-state index in [2.05, 4.69) is 15.5 Å². The number of halogens is 1. The first-order valence-corrected chi connectivity index (χ1v) is 9.73. The molecule has 0 unspecified atom stereocenters. The SMILES string of the molecule is Cc1[nH]nc(-c2ccccc2Cl)c1C(=O)NC(c1ccccc1)c1ccccc1. The zero-order chi connectivity index (χ0) is 20.2. The minimum absolute atomic E-state index is 0.205. The van der Waals surface area contributed by atoms with E-state index < -0.39 is 0 Å². The van der Waals surface area contributed by atoms with Gasteiger partial charge in [0.25, 0.3) is 5.91 Å². The number of amides is 1. The monoisotopic (exact) mass is 401 g/mol. The summed E-state index contributed by atoms with van der Waals surface area (Å²) in [6.07, 6.45) is 0. The Morgan fingerprint density at radius 3 is 2.03 bits per heavy atom. The average Bonchev–Trinajstić information content (AvgIpc) is 3.14. The second-order valence-corrected chi connectivity index (χ2v) is 7.19. The Bertz CT molecular complexity index is 1080. The maximum absolute atomic E-state index is 13.4. The van der Waals surface area contributed by atoms with E-state index in [1.807, 2.05) is 85.8 Å². The second kappa shape index (κ2) is 8.33. The van der Waals surface area contributed by atoms with Crippen molar-refractivity contribution in [3.63, 3.8) is 0 Å². The van der Waals surface area contributed by atoms with Gasteiger partial charge in [0.05, 0.1) is 16.6 Å². The maximum atomic E-state index is 13.4. The van der Waals surface area contributed by atoms with Gasteiger partial charge >= 0.3 is 0 Å². The number of benzene rings is 3. The van der Waals surface area contributed by atoms with Gasteiger partial charge in [-0.05, 0) is 24.1 Å². The quantitative estimate of drug-likeness (QED) is 0.460. The normalized spacial score (nSPS) is 10.9. The van der Waals surface area contributed by atoms with Crippen LogP contribution in [0, 0.1) is 6.92 Å². The Balaban J connectivity index is 1.73. The lowest BCUT2D eigenvalue weighted by Crippen LogP contribution is -2.30. The van der Waals surface area contributed by atoms with Crippen molar-refractivity contribution >= 4 is 17.5 Å². The van der Waals surface area contributed by atoms with Crippen LogP contribution in [0.25, 0.3) is 11.3 Å². The fourth-order valence-electron chi connectivity index (χ4n) is 3.41. The smallest absolute Gasteiger partial charge is 0.256 e. The van der Waals surface area contributed by atoms with Crippen molar-refractivity contribution in [2.24, 2.45) is 0 Å². The summed E-state index contributed by atoms with van der Waals surface area (Å²) in [6, 6.07) is 26.9. The highest BCUT2D eigenvalue weighted by atomic mass is 35.5. The van der Waals surface area contributed by atoms with Crippen LogP contribution in [0.5, 0.6) is 0 Å². The van der Waals surface area contributed by atoms with E-state index in [0.717, 1.165) is 16.7 Å². The largest absolute Gasteiger partial charge is 0.341 e. The third kappa shape index (κ3) is 3.93. The van der Waals surface area contributed by atoms with Crippen molar-refractivity contribution in [2.75, 3.05) is 0 Å². The number of hydrogen-bond acceptors (Lipinski definition) is 2. The van der Waals surface area contributed by atoms with Crippen LogP contribution >= 0.6 is 11.6 Å². The van der Waals surface area contributed by atoms with Crippen LogP contribution in [0.15, 0.2) is 84.9 Å². The van der Waals surface area contributed by atoms with E-state index in [0.29, 0.717) is 22.0 Å². The topological polar surface area (TPSA) is 57.8 Å². The summed E-state index contributed by atoms with van der Waals surface area (Å²) in [5.74, 6) is -0.205. The molecule has 0 bridgehead atoms. The van der Waals surface area contributed by atoms with Crippen molar-refractivity contribution in [1.82, 2.24) is 15.5 Å². The highest BCUT2D eigenvalue weighted by Crippen LogP contribution is 2.31. The maximum Gasteiger partial charge on any atom is 0.256 e. The molecule has 29 heavy (non-hydrogen) atoms. The van der Waals surface area contributed by atoms with Crippen LogP contribution in [0.3, 0.4) is 0 Å². The van der Waals surface area contributed by atoms with Crippen molar-refractivity contribution in [3.05, 3.63) is 112 Å². The number of rotatable bonds is 5. The minimum atomic E-state index is -0.279. The van der Waals surface area contributed by atoms with Crippen LogP contribution < -0.4 is 5.32 Å². The first-order chi connectivity index (χ1) is 14.1. The van der Waals surface area contributed by atoms with E-state index in [-0.39, 0.29) is 11.9 Å². The van der Waals surface area contributed by atoms with Crippen LogP contribution in [-0.2, 0) is 0 Å². The molecule has 1 aromatic heterocycles. The molecule has 0 atom stereocenters. The molecule has 1 amide bonds. The molecule has 0 aliphatic heterocycles. The summed E-state index contributed by atoms with van der Waals surface area (Å²) < 4.78 is 0. The van der Waals surface area contributed by atoms with Gasteiger partial charge in [0.1, 0.15) is 5.69 Å². The van der Waals surface area contributed by atoms with E-state index in [9.17, 15) is 4.79 Å². The Labute approximate surface area is 174 Å². The lowest BCUT2D eigenvalue weighted by molar-refractivity contribution is 0.0943. The number of carbonyl (C=O) groups excluding carboxylic acids is 1. The molecule has 0 spiro atoms. The van der Waals surface area contributed by atoms with Gasteiger partial charge in [-0.15, -0.1) is 0 Å². The van der Waals surface area contributed by atoms with Crippen LogP contribution in [0.2, 0.25) is 5.02 Å². The molecule has 5 heteroatoms. The van der Waals surface area contributed by atoms with Gasteiger partial charge in [-0.3, -0.25) is 9.89 Å². The van der Waals surface area contributed by atoms with Crippen molar-refractivity contribution in [1.29, 1.82) is 0 Å². The second-order valence-electron chi connectivity index (χ2n) is 6.78. The molecule has 2 N–H and O–H groups in total. The molecular formula is C24H20ClN3O. The fourth-order valence-corrected chi connectivity index (χ4v) is 3.63. The van der Waals surface area contributed by atoms with Gasteiger partial charge in [-0.1, -0.05) is 90.5 Å². The molecule has 4 rings (SSSR count). The third-order valence-electron chi connectivity index (χ3n) is 4.84. The number of nitrogens with one attached hydrogen (secondary N) is 2. The Hall–Kier alpha value is -3.37. The molecule has 0 aliphatic carbocycles.